The monoisotopic (exact) mass is 392 g/mol. The predicted octanol–water partition coefficient (Wildman–Crippen LogP) is 2.80. The van der Waals surface area contributed by atoms with Gasteiger partial charge < -0.3 is 19.7 Å². The van der Waals surface area contributed by atoms with Crippen LogP contribution in [0.15, 0.2) is 71.5 Å². The number of nitrogens with zero attached hydrogens (tertiary/aromatic N) is 3. The molecule has 2 aromatic carbocycles. The number of rotatable bonds is 5. The number of ether oxygens (including phenoxy) is 2. The first-order valence-electron chi connectivity index (χ1n) is 9.15. The number of amides is 3. The van der Waals surface area contributed by atoms with Crippen molar-refractivity contribution in [3.8, 4) is 5.75 Å². The largest absolute Gasteiger partial charge is 0.497 e. The van der Waals surface area contributed by atoms with Crippen LogP contribution in [0.4, 0.5) is 10.5 Å². The summed E-state index contributed by atoms with van der Waals surface area (Å²) in [5, 5.41) is 2.82. The molecule has 0 unspecified atom stereocenters. The molecule has 0 fully saturated rings. The van der Waals surface area contributed by atoms with Crippen molar-refractivity contribution in [3.05, 3.63) is 72.1 Å². The zero-order valence-corrected chi connectivity index (χ0v) is 15.9. The SMILES string of the molecule is COc1cccc(CN2CCN3C(C(=O)Nc4ccccc4)=COC3=NC2=O)c1. The number of para-hydroxylation sites is 1. The molecular weight excluding hydrogens is 372 g/mol. The maximum absolute atomic E-state index is 12.6. The van der Waals surface area contributed by atoms with Gasteiger partial charge in [0.15, 0.2) is 0 Å². The molecule has 3 amide bonds. The number of hydrogen-bond donors (Lipinski definition) is 1. The Bertz CT molecular complexity index is 987. The van der Waals surface area contributed by atoms with Gasteiger partial charge in [-0.15, -0.1) is 4.99 Å². The van der Waals surface area contributed by atoms with Crippen LogP contribution < -0.4 is 10.1 Å². The summed E-state index contributed by atoms with van der Waals surface area (Å²) >= 11 is 0. The molecular formula is C21H20N4O4. The number of hydrogen-bond acceptors (Lipinski definition) is 5. The molecule has 148 valence electrons. The number of aliphatic imine (C=N–C) groups is 1. The summed E-state index contributed by atoms with van der Waals surface area (Å²) in [6.45, 7) is 1.17. The Balaban J connectivity index is 1.45. The molecule has 8 heteroatoms. The highest BCUT2D eigenvalue weighted by atomic mass is 16.5. The van der Waals surface area contributed by atoms with Crippen LogP contribution in [0.25, 0.3) is 0 Å². The van der Waals surface area contributed by atoms with Crippen LogP contribution in [-0.4, -0.2) is 48.0 Å². The summed E-state index contributed by atoms with van der Waals surface area (Å²) in [4.78, 5) is 32.5. The Kier molecular flexibility index (Phi) is 5.15. The Morgan fingerprint density at radius 2 is 2.00 bits per heavy atom. The molecule has 4 rings (SSSR count). The Labute approximate surface area is 168 Å². The van der Waals surface area contributed by atoms with Gasteiger partial charge in [0.05, 0.1) is 7.11 Å². The van der Waals surface area contributed by atoms with E-state index in [2.05, 4.69) is 10.3 Å². The molecule has 0 aromatic heterocycles. The summed E-state index contributed by atoms with van der Waals surface area (Å²) in [5.74, 6) is 0.401. The topological polar surface area (TPSA) is 83.5 Å². The Hall–Kier alpha value is -3.81. The molecule has 1 N–H and O–H groups in total. The number of carbonyl (C=O) groups is 2. The van der Waals surface area contributed by atoms with Gasteiger partial charge in [-0.2, -0.15) is 0 Å². The van der Waals surface area contributed by atoms with E-state index in [9.17, 15) is 9.59 Å². The lowest BCUT2D eigenvalue weighted by Crippen LogP contribution is -2.36. The number of amidine groups is 1. The molecule has 0 spiro atoms. The summed E-state index contributed by atoms with van der Waals surface area (Å²) in [5.41, 5.74) is 1.91. The second-order valence-corrected chi connectivity index (χ2v) is 6.54. The van der Waals surface area contributed by atoms with Crippen LogP contribution in [0.3, 0.4) is 0 Å². The average Bonchev–Trinajstić information content (AvgIpc) is 3.07. The molecule has 2 aliphatic heterocycles. The Morgan fingerprint density at radius 3 is 2.79 bits per heavy atom. The van der Waals surface area contributed by atoms with E-state index in [1.807, 2.05) is 42.5 Å². The lowest BCUT2D eigenvalue weighted by Gasteiger charge is -2.21. The van der Waals surface area contributed by atoms with Gasteiger partial charge in [-0.05, 0) is 29.8 Å². The third kappa shape index (κ3) is 4.06. The minimum Gasteiger partial charge on any atom is -0.497 e. The quantitative estimate of drug-likeness (QED) is 0.846. The van der Waals surface area contributed by atoms with Crippen LogP contribution in [0, 0.1) is 0 Å². The lowest BCUT2D eigenvalue weighted by atomic mass is 10.2. The highest BCUT2D eigenvalue weighted by molar-refractivity contribution is 6.07. The zero-order valence-electron chi connectivity index (χ0n) is 15.9. The first-order valence-corrected chi connectivity index (χ1v) is 9.15. The van der Waals surface area contributed by atoms with E-state index >= 15 is 0 Å². The fraction of sp³-hybridized carbons (Fsp3) is 0.190. The van der Waals surface area contributed by atoms with Crippen molar-refractivity contribution in [1.82, 2.24) is 9.80 Å². The van der Waals surface area contributed by atoms with Gasteiger partial charge in [0.2, 0.25) is 0 Å². The van der Waals surface area contributed by atoms with Crippen LogP contribution in [-0.2, 0) is 16.1 Å². The molecule has 2 aliphatic rings. The number of fused-ring (bicyclic) bond motifs is 1. The second-order valence-electron chi connectivity index (χ2n) is 6.54. The summed E-state index contributed by atoms with van der Waals surface area (Å²) < 4.78 is 10.6. The molecule has 2 aromatic rings. The van der Waals surface area contributed by atoms with Gasteiger partial charge in [0.25, 0.3) is 5.91 Å². The van der Waals surface area contributed by atoms with Crippen LogP contribution >= 0.6 is 0 Å². The van der Waals surface area contributed by atoms with Gasteiger partial charge in [-0.25, -0.2) is 4.79 Å². The zero-order chi connectivity index (χ0) is 20.2. The van der Waals surface area contributed by atoms with E-state index in [4.69, 9.17) is 9.47 Å². The number of methoxy groups -OCH3 is 1. The molecule has 0 atom stereocenters. The number of carbonyl (C=O) groups excluding carboxylic acids is 2. The molecule has 0 aliphatic carbocycles. The molecule has 0 radical (unpaired) electrons. The second kappa shape index (κ2) is 8.05. The Morgan fingerprint density at radius 1 is 1.17 bits per heavy atom. The first-order chi connectivity index (χ1) is 14.1. The van der Waals surface area contributed by atoms with E-state index in [1.165, 1.54) is 6.26 Å². The maximum Gasteiger partial charge on any atom is 0.348 e. The number of urea groups is 1. The van der Waals surface area contributed by atoms with Crippen LogP contribution in [0.2, 0.25) is 0 Å². The van der Waals surface area contributed by atoms with E-state index in [0.717, 1.165) is 11.3 Å². The minimum absolute atomic E-state index is 0.112. The number of anilines is 1. The van der Waals surface area contributed by atoms with Gasteiger partial charge in [0, 0.05) is 25.3 Å². The first kappa shape index (κ1) is 18.5. The highest BCUT2D eigenvalue weighted by Gasteiger charge is 2.33. The smallest absolute Gasteiger partial charge is 0.348 e. The fourth-order valence-corrected chi connectivity index (χ4v) is 3.14. The van der Waals surface area contributed by atoms with Crippen molar-refractivity contribution in [1.29, 1.82) is 0 Å². The van der Waals surface area contributed by atoms with Gasteiger partial charge in [0.1, 0.15) is 17.7 Å². The molecule has 2 heterocycles. The number of benzene rings is 2. The summed E-state index contributed by atoms with van der Waals surface area (Å²) in [6, 6.07) is 16.4. The van der Waals surface area contributed by atoms with Crippen molar-refractivity contribution >= 4 is 23.6 Å². The average molecular weight is 392 g/mol. The standard InChI is InChI=1S/C21H20N4O4/c1-28-17-9-5-6-15(12-17)13-24-10-11-25-18(14-29-21(25)23-20(24)27)19(26)22-16-7-3-2-4-8-16/h2-9,12,14H,10-11,13H2,1H3,(H,22,26). The third-order valence-corrected chi connectivity index (χ3v) is 4.62. The van der Waals surface area contributed by atoms with E-state index in [0.29, 0.717) is 31.0 Å². The maximum atomic E-state index is 12.6. The highest BCUT2D eigenvalue weighted by Crippen LogP contribution is 2.22. The van der Waals surface area contributed by atoms with Crippen molar-refractivity contribution in [3.63, 3.8) is 0 Å². The normalized spacial score (nSPS) is 15.7. The molecule has 8 nitrogen and oxygen atoms in total. The van der Waals surface area contributed by atoms with E-state index in [1.54, 1.807) is 29.0 Å². The van der Waals surface area contributed by atoms with Gasteiger partial charge >= 0.3 is 12.1 Å². The predicted molar refractivity (Wildman–Crippen MR) is 107 cm³/mol. The third-order valence-electron chi connectivity index (χ3n) is 4.62. The van der Waals surface area contributed by atoms with E-state index in [-0.39, 0.29) is 11.9 Å². The number of nitrogens with one attached hydrogen (secondary N) is 1. The van der Waals surface area contributed by atoms with Gasteiger partial charge in [-0.1, -0.05) is 30.3 Å². The van der Waals surface area contributed by atoms with Gasteiger partial charge in [-0.3, -0.25) is 9.69 Å². The fourth-order valence-electron chi connectivity index (χ4n) is 3.14. The summed E-state index contributed by atoms with van der Waals surface area (Å²) in [7, 11) is 1.60. The van der Waals surface area contributed by atoms with Crippen molar-refractivity contribution in [2.45, 2.75) is 6.54 Å². The van der Waals surface area contributed by atoms with E-state index < -0.39 is 6.03 Å². The summed E-state index contributed by atoms with van der Waals surface area (Å²) in [6.07, 6.45) is 1.32. The molecule has 0 saturated carbocycles. The minimum atomic E-state index is -0.413. The van der Waals surface area contributed by atoms with Crippen molar-refractivity contribution < 1.29 is 19.1 Å². The van der Waals surface area contributed by atoms with Crippen LogP contribution in [0.5, 0.6) is 5.75 Å². The lowest BCUT2D eigenvalue weighted by molar-refractivity contribution is -0.113. The molecule has 0 bridgehead atoms. The van der Waals surface area contributed by atoms with Crippen LogP contribution in [0.1, 0.15) is 5.56 Å². The molecule has 0 saturated heterocycles. The molecule has 29 heavy (non-hydrogen) atoms. The van der Waals surface area contributed by atoms with Crippen molar-refractivity contribution in [2.75, 3.05) is 25.5 Å². The van der Waals surface area contributed by atoms with Crippen molar-refractivity contribution in [2.24, 2.45) is 4.99 Å².